The molecule has 0 fully saturated rings. The average Bonchev–Trinajstić information content (AvgIpc) is 3.12. The van der Waals surface area contributed by atoms with Crippen LogP contribution in [0.3, 0.4) is 0 Å². The molecule has 0 unspecified atom stereocenters. The summed E-state index contributed by atoms with van der Waals surface area (Å²) in [6.45, 7) is 12.4. The van der Waals surface area contributed by atoms with E-state index in [2.05, 4.69) is 36.3 Å². The van der Waals surface area contributed by atoms with Crippen LogP contribution in [0.15, 0.2) is 119 Å². The number of hydrogen-bond acceptors (Lipinski definition) is 10. The molecule has 0 saturated carbocycles. The quantitative estimate of drug-likeness (QED) is 0.0364. The molecule has 0 heterocycles. The Morgan fingerprint density at radius 2 is 0.681 bits per heavy atom. The predicted molar refractivity (Wildman–Crippen MR) is 196 cm³/mol. The molecule has 0 aliphatic carbocycles. The molecule has 4 aromatic carbocycles. The van der Waals surface area contributed by atoms with Crippen LogP contribution >= 0.6 is 43.5 Å². The Morgan fingerprint density at radius 3 is 0.936 bits per heavy atom. The topological polar surface area (TPSA) is 74.8 Å². The van der Waals surface area contributed by atoms with Crippen LogP contribution in [-0.2, 0) is 16.5 Å². The Kier molecular flexibility index (Phi) is 19.1. The van der Waals surface area contributed by atoms with E-state index in [-0.39, 0.29) is 16.5 Å². The first kappa shape index (κ1) is 40.5. The summed E-state index contributed by atoms with van der Waals surface area (Å²) in [4.78, 5) is 50.9. The largest absolute Gasteiger partial charge is 2.00 e. The third kappa shape index (κ3) is 13.1. The first-order chi connectivity index (χ1) is 22.3. The molecule has 47 heavy (non-hydrogen) atoms. The number of carbonyl (C=O) groups is 4. The van der Waals surface area contributed by atoms with Crippen molar-refractivity contribution < 1.29 is 35.7 Å². The maximum Gasteiger partial charge on any atom is 2.00 e. The van der Waals surface area contributed by atoms with Crippen molar-refractivity contribution in [1.29, 1.82) is 0 Å². The monoisotopic (exact) mass is 748 g/mol. The minimum absolute atomic E-state index is 0. The van der Waals surface area contributed by atoms with E-state index in [4.69, 9.17) is 0 Å². The summed E-state index contributed by atoms with van der Waals surface area (Å²) in [5.41, 5.74) is 1.70. The molecule has 0 amide bonds. The summed E-state index contributed by atoms with van der Waals surface area (Å²) < 4.78 is 4.48. The first-order valence-corrected chi connectivity index (χ1v) is 19.2. The van der Waals surface area contributed by atoms with E-state index in [0.717, 1.165) is 36.0 Å². The van der Waals surface area contributed by atoms with Crippen molar-refractivity contribution in [2.24, 2.45) is 0 Å². The summed E-state index contributed by atoms with van der Waals surface area (Å²) in [6, 6.07) is 31.7. The molecule has 4 aromatic rings. The Hall–Kier alpha value is -2.63. The van der Waals surface area contributed by atoms with E-state index < -0.39 is 23.1 Å². The number of rotatable bonds is 16. The Labute approximate surface area is 304 Å². The SMILES string of the molecule is CCN(CC)SSc1ccc(C(=O)C(=O)c2ccccc2)cc1.CCN(CC)SSc1ccc(C(=O)C(=O)c2ccccc2)cc1.[Ni+2]. The van der Waals surface area contributed by atoms with Crippen molar-refractivity contribution >= 4 is 66.7 Å². The summed E-state index contributed by atoms with van der Waals surface area (Å²) >= 11 is 0. The van der Waals surface area contributed by atoms with Gasteiger partial charge in [0.1, 0.15) is 0 Å². The second-order valence-corrected chi connectivity index (χ2v) is 14.1. The van der Waals surface area contributed by atoms with Crippen molar-refractivity contribution in [3.05, 3.63) is 131 Å². The van der Waals surface area contributed by atoms with Crippen molar-refractivity contribution in [3.63, 3.8) is 0 Å². The molecule has 6 nitrogen and oxygen atoms in total. The second-order valence-electron chi connectivity index (χ2n) is 9.64. The smallest absolute Gasteiger partial charge is 0.285 e. The molecule has 0 spiro atoms. The Morgan fingerprint density at radius 1 is 0.426 bits per heavy atom. The van der Waals surface area contributed by atoms with Gasteiger partial charge in [-0.2, -0.15) is 0 Å². The molecule has 0 aliphatic rings. The van der Waals surface area contributed by atoms with Gasteiger partial charge in [0.15, 0.2) is 0 Å². The Bertz CT molecular complexity index is 1430. The van der Waals surface area contributed by atoms with Crippen LogP contribution in [0.4, 0.5) is 0 Å². The first-order valence-electron chi connectivity index (χ1n) is 15.0. The predicted octanol–water partition coefficient (Wildman–Crippen LogP) is 9.50. The number of carbonyl (C=O) groups excluding carboxylic acids is 4. The molecule has 0 bridgehead atoms. The van der Waals surface area contributed by atoms with Crippen LogP contribution in [0.5, 0.6) is 0 Å². The van der Waals surface area contributed by atoms with Gasteiger partial charge in [-0.1, -0.05) is 88.4 Å². The summed E-state index contributed by atoms with van der Waals surface area (Å²) in [5, 5.41) is 0. The third-order valence-corrected chi connectivity index (χ3v) is 12.0. The zero-order chi connectivity index (χ0) is 33.3. The number of ketones is 4. The van der Waals surface area contributed by atoms with Gasteiger partial charge in [0.25, 0.3) is 0 Å². The van der Waals surface area contributed by atoms with Gasteiger partial charge in [0.05, 0.1) is 0 Å². The Balaban J connectivity index is 0.000000320. The zero-order valence-electron chi connectivity index (χ0n) is 26.7. The van der Waals surface area contributed by atoms with E-state index in [1.165, 1.54) is 0 Å². The maximum atomic E-state index is 12.2. The minimum Gasteiger partial charge on any atom is -0.285 e. The molecule has 0 saturated heterocycles. The van der Waals surface area contributed by atoms with Crippen molar-refractivity contribution in [2.45, 2.75) is 37.5 Å². The maximum absolute atomic E-state index is 12.2. The van der Waals surface area contributed by atoms with Crippen LogP contribution < -0.4 is 0 Å². The van der Waals surface area contributed by atoms with Gasteiger partial charge in [0.2, 0.25) is 23.1 Å². The molecule has 0 radical (unpaired) electrons. The second kappa shape index (κ2) is 22.1. The van der Waals surface area contributed by atoms with Gasteiger partial charge in [-0.25, -0.2) is 8.61 Å². The van der Waals surface area contributed by atoms with Gasteiger partial charge in [-0.15, -0.1) is 0 Å². The van der Waals surface area contributed by atoms with E-state index in [9.17, 15) is 19.2 Å². The van der Waals surface area contributed by atoms with Crippen LogP contribution in [-0.4, -0.2) is 57.9 Å². The average molecular weight is 750 g/mol. The van der Waals surface area contributed by atoms with Crippen LogP contribution in [0.25, 0.3) is 0 Å². The van der Waals surface area contributed by atoms with Crippen LogP contribution in [0, 0.1) is 0 Å². The zero-order valence-corrected chi connectivity index (χ0v) is 31.0. The van der Waals surface area contributed by atoms with E-state index in [1.54, 1.807) is 116 Å². The number of nitrogens with zero attached hydrogens (tertiary/aromatic N) is 2. The van der Waals surface area contributed by atoms with Gasteiger partial charge < -0.3 is 0 Å². The molecule has 0 aromatic heterocycles. The number of hydrogen-bond donors (Lipinski definition) is 0. The van der Waals surface area contributed by atoms with Gasteiger partial charge in [-0.05, 0) is 92.1 Å². The van der Waals surface area contributed by atoms with Gasteiger partial charge >= 0.3 is 16.5 Å². The van der Waals surface area contributed by atoms with E-state index in [0.29, 0.717) is 22.3 Å². The molecule has 4 rings (SSSR count). The molecular formula is C36H38N2NiO4S4+2. The standard InChI is InChI=1S/2C18H19NO2S2.Ni/c2*1-3-19(4-2)23-22-16-12-10-15(11-13-16)18(21)17(20)14-8-6-5-7-9-14;/h2*5-13H,3-4H2,1-2H3;/q;;+2. The normalized spacial score (nSPS) is 10.5. The number of Topliss-reactive ketones (excluding diaryl/α,β-unsaturated/α-hetero) is 4. The molecular weight excluding hydrogens is 711 g/mol. The molecule has 0 aliphatic heterocycles. The summed E-state index contributed by atoms with van der Waals surface area (Å²) in [7, 11) is 6.68. The van der Waals surface area contributed by atoms with E-state index >= 15 is 0 Å². The van der Waals surface area contributed by atoms with Crippen molar-refractivity contribution in [1.82, 2.24) is 8.61 Å². The van der Waals surface area contributed by atoms with Crippen LogP contribution in [0.2, 0.25) is 0 Å². The molecule has 0 atom stereocenters. The summed E-state index contributed by atoms with van der Waals surface area (Å²) in [5.74, 6) is -1.87. The van der Waals surface area contributed by atoms with Crippen LogP contribution in [0.1, 0.15) is 69.1 Å². The minimum atomic E-state index is -0.469. The molecule has 11 heteroatoms. The van der Waals surface area contributed by atoms with Gasteiger partial charge in [0, 0.05) is 58.2 Å². The fraction of sp³-hybridized carbons (Fsp3) is 0.222. The number of benzene rings is 4. The van der Waals surface area contributed by atoms with E-state index in [1.807, 2.05) is 36.4 Å². The fourth-order valence-corrected chi connectivity index (χ4v) is 8.26. The molecule has 248 valence electrons. The third-order valence-electron chi connectivity index (χ3n) is 6.61. The van der Waals surface area contributed by atoms with Gasteiger partial charge in [-0.3, -0.25) is 19.2 Å². The van der Waals surface area contributed by atoms with Crippen molar-refractivity contribution in [3.8, 4) is 0 Å². The molecule has 0 N–H and O–H groups in total. The summed E-state index contributed by atoms with van der Waals surface area (Å²) in [6.07, 6.45) is 0. The van der Waals surface area contributed by atoms with Crippen molar-refractivity contribution in [2.75, 3.05) is 26.2 Å². The fourth-order valence-electron chi connectivity index (χ4n) is 3.88.